The van der Waals surface area contributed by atoms with Crippen LogP contribution in [0.4, 0.5) is 28.4 Å². The molecule has 1 amide bonds. The number of amides is 1. The first kappa shape index (κ1) is 44.2. The van der Waals surface area contributed by atoms with Crippen molar-refractivity contribution in [2.45, 2.75) is 31.4 Å². The number of nitrogens with zero attached hydrogens (tertiary/aromatic N) is 10. The molecule has 4 aromatic carbocycles. The maximum absolute atomic E-state index is 12.5. The first-order chi connectivity index (χ1) is 27.0. The van der Waals surface area contributed by atoms with E-state index in [2.05, 4.69) is 53.3 Å². The second-order valence-corrected chi connectivity index (χ2v) is 18.6. The fourth-order valence-corrected chi connectivity index (χ4v) is 8.41. The van der Waals surface area contributed by atoms with Crippen LogP contribution in [0.3, 0.4) is 0 Å². The molecule has 0 saturated heterocycles. The second-order valence-electron chi connectivity index (χ2n) is 10.5. The number of rotatable bonds is 16. The van der Waals surface area contributed by atoms with Crippen molar-refractivity contribution in [2.75, 3.05) is 5.32 Å². The van der Waals surface area contributed by atoms with Crippen LogP contribution < -0.4 is 5.32 Å². The molecule has 29 nitrogen and oxygen atoms in total. The molecule has 0 radical (unpaired) electrons. The molecule has 0 heterocycles. The number of phenolic OH excluding ortho intramolecular Hbond substituents is 2. The van der Waals surface area contributed by atoms with Crippen molar-refractivity contribution in [3.8, 4) is 11.5 Å². The van der Waals surface area contributed by atoms with E-state index in [0.29, 0.717) is 36.4 Å². The van der Waals surface area contributed by atoms with Crippen LogP contribution in [-0.4, -0.2) is 55.0 Å². The fourth-order valence-electron chi connectivity index (χ4n) is 4.64. The first-order valence-corrected chi connectivity index (χ1v) is 21.4. The van der Waals surface area contributed by atoms with Gasteiger partial charge in [-0.2, -0.15) is 25.3 Å². The van der Waals surface area contributed by atoms with Crippen molar-refractivity contribution in [3.63, 3.8) is 0 Å². The van der Waals surface area contributed by atoms with E-state index in [1.165, 1.54) is 0 Å². The molecule has 34 heteroatoms. The summed E-state index contributed by atoms with van der Waals surface area (Å²) >= 11 is 0. The molecule has 306 valence electrons. The molecule has 0 atom stereocenters. The van der Waals surface area contributed by atoms with E-state index in [0.717, 1.165) is 19.1 Å². The number of carbonyl (C=O) groups excluding carboxylic acids is 1. The molecule has 0 spiro atoms. The van der Waals surface area contributed by atoms with Crippen LogP contribution in [0.2, 0.25) is 0 Å². The average molecular weight is 908 g/mol. The van der Waals surface area contributed by atoms with Crippen LogP contribution in [0.1, 0.15) is 6.92 Å². The number of phenols is 2. The summed E-state index contributed by atoms with van der Waals surface area (Å²) in [6.07, 6.45) is 0. The topological polar surface area (TPSA) is 459 Å². The van der Waals surface area contributed by atoms with Gasteiger partial charge in [0.25, 0.3) is 30.4 Å². The maximum Gasteiger partial charge on any atom is 0.296 e. The highest BCUT2D eigenvalue weighted by molar-refractivity contribution is 8.30. The van der Waals surface area contributed by atoms with Gasteiger partial charge in [-0.25, -0.2) is 0 Å². The quantitative estimate of drug-likeness (QED) is 0.0367. The smallest absolute Gasteiger partial charge is 0.296 e. The molecule has 4 aromatic rings. The summed E-state index contributed by atoms with van der Waals surface area (Å²) in [5.74, 6) is -3.72. The van der Waals surface area contributed by atoms with E-state index in [1.807, 2.05) is 0 Å². The summed E-state index contributed by atoms with van der Waals surface area (Å²) in [4.78, 5) is 75.8. The van der Waals surface area contributed by atoms with E-state index in [9.17, 15) is 83.4 Å². The zero-order valence-corrected chi connectivity index (χ0v) is 31.8. The summed E-state index contributed by atoms with van der Waals surface area (Å²) in [6, 6.07) is 4.78. The summed E-state index contributed by atoms with van der Waals surface area (Å²) < 4.78 is 116. The number of anilines is 1. The predicted octanol–water partition coefficient (Wildman–Crippen LogP) is 7.20. The van der Waals surface area contributed by atoms with Crippen LogP contribution in [0.15, 0.2) is 121 Å². The molecule has 0 aliphatic heterocycles. The third kappa shape index (κ3) is 8.41. The Bertz CT molecular complexity index is 2850. The van der Waals surface area contributed by atoms with Crippen LogP contribution in [-0.2, 0) is 35.1 Å². The second kappa shape index (κ2) is 16.1. The van der Waals surface area contributed by atoms with E-state index in [-0.39, 0.29) is 5.69 Å². The molecule has 6 N–H and O–H groups in total. The van der Waals surface area contributed by atoms with Gasteiger partial charge < -0.3 is 15.5 Å². The zero-order valence-electron chi connectivity index (χ0n) is 27.7. The van der Waals surface area contributed by atoms with Crippen LogP contribution in [0, 0.1) is 29.4 Å². The third-order valence-electron chi connectivity index (χ3n) is 7.04. The van der Waals surface area contributed by atoms with Gasteiger partial charge in [-0.3, -0.25) is 18.5 Å². The summed E-state index contributed by atoms with van der Waals surface area (Å²) in [5.41, 5.74) is -4.71. The number of hydrogen-bond acceptors (Lipinski definition) is 25. The Balaban J connectivity index is 2.17. The lowest BCUT2D eigenvalue weighted by molar-refractivity contribution is -0.114. The van der Waals surface area contributed by atoms with Crippen LogP contribution in [0.25, 0.3) is 10.8 Å². The Hall–Kier alpha value is -6.56. The van der Waals surface area contributed by atoms with Crippen molar-refractivity contribution >= 4 is 96.6 Å². The van der Waals surface area contributed by atoms with Gasteiger partial charge in [-0.15, -0.1) is 49.9 Å². The molecule has 0 unspecified atom stereocenters. The van der Waals surface area contributed by atoms with E-state index in [1.54, 1.807) is 0 Å². The molecule has 58 heavy (non-hydrogen) atoms. The largest absolute Gasteiger partial charge is 0.505 e. The minimum atomic E-state index is -5.63. The molecule has 0 saturated carbocycles. The van der Waals surface area contributed by atoms with Crippen molar-refractivity contribution in [2.24, 2.45) is 48.0 Å². The predicted molar refractivity (Wildman–Crippen MR) is 199 cm³/mol. The van der Waals surface area contributed by atoms with Gasteiger partial charge in [0.1, 0.15) is 32.5 Å². The number of fused-ring (bicyclic) bond motifs is 1. The number of carbonyl (C=O) groups is 1. The molecule has 4 rings (SSSR count). The summed E-state index contributed by atoms with van der Waals surface area (Å²) in [5, 5.41) is 37.0. The Morgan fingerprint density at radius 3 is 1.47 bits per heavy atom. The van der Waals surface area contributed by atoms with Crippen LogP contribution >= 0.6 is 21.2 Å². The lowest BCUT2D eigenvalue weighted by atomic mass is 10.1. The lowest BCUT2D eigenvalue weighted by Gasteiger charge is -2.19. The molecule has 0 aromatic heterocycles. The Morgan fingerprint density at radius 1 is 0.534 bits per heavy atom. The first-order valence-electron chi connectivity index (χ1n) is 14.1. The van der Waals surface area contributed by atoms with Crippen LogP contribution in [0.5, 0.6) is 11.5 Å². The third-order valence-corrected chi connectivity index (χ3v) is 12.7. The minimum Gasteiger partial charge on any atom is -0.505 e. The van der Waals surface area contributed by atoms with Gasteiger partial charge in [0.2, 0.25) is 5.91 Å². The number of aromatic hydroxyl groups is 2. The highest BCUT2D eigenvalue weighted by Crippen LogP contribution is 2.66. The van der Waals surface area contributed by atoms with Gasteiger partial charge in [0, 0.05) is 40.1 Å². The molecular formula is C24H17N11O18S5. The van der Waals surface area contributed by atoms with E-state index >= 15 is 0 Å². The maximum atomic E-state index is 12.5. The van der Waals surface area contributed by atoms with E-state index in [4.69, 9.17) is 0 Å². The normalized spacial score (nSPS) is 13.2. The summed E-state index contributed by atoms with van der Waals surface area (Å²) in [6.45, 7) is 1.05. The van der Waals surface area contributed by atoms with Gasteiger partial charge in [0.15, 0.2) is 32.7 Å². The van der Waals surface area contributed by atoms with Crippen molar-refractivity contribution in [3.05, 3.63) is 78.0 Å². The minimum absolute atomic E-state index is 0.199. The molecule has 0 fully saturated rings. The fraction of sp³-hybridized carbons (Fsp3) is 0.0417. The zero-order chi connectivity index (χ0) is 43.6. The van der Waals surface area contributed by atoms with E-state index < -0.39 is 127 Å². The van der Waals surface area contributed by atoms with Crippen molar-refractivity contribution in [1.29, 1.82) is 0 Å². The Labute approximate surface area is 323 Å². The Kier molecular flexibility index (Phi) is 12.3. The van der Waals surface area contributed by atoms with Gasteiger partial charge >= 0.3 is 0 Å². The Morgan fingerprint density at radius 2 is 1.00 bits per heavy atom. The number of nitrogens with one attached hydrogen (secondary N) is 1. The summed E-state index contributed by atoms with van der Waals surface area (Å²) in [7, 11) is -25.3. The molecular weight excluding hydrogens is 891 g/mol. The number of hydrogen-bond donors (Lipinski definition) is 6. The average Bonchev–Trinajstić information content (AvgIpc) is 3.15. The SMILES string of the molecule is CC(=O)Nc1ccc(N=Nc2c(S(N=O)(N=O)N=O)cc3cc(S(=O)(=O)O)c(N=Nc4cc(S(=O)(=O)O)ccc4S(N=O)(N=O)N=O)c(O)c3c2O)c(S(=O)(=O)O)c1. The standard InChI is InChI=1S/C24H17N11O18S5/c1-10(36)25-12-2-4-14(17(8-12)57(48,49)50)26-28-21-18(55(33-42,34-43)35-44)6-11-7-19(58(51,52)53)22(24(38)20(11)23(21)37)29-27-15-9-13(56(45,46)47)3-5-16(15)54(30-39,31-40)32-41/h2-9,37-38H,1H3,(H,25,36)(H,45,46,47)(H,48,49,50)(H,51,52,53). The van der Waals surface area contributed by atoms with Crippen molar-refractivity contribution in [1.82, 2.24) is 0 Å². The van der Waals surface area contributed by atoms with Gasteiger partial charge in [-0.1, -0.05) is 0 Å². The number of nitroso groups, excluding NO2 is 6. The lowest BCUT2D eigenvalue weighted by Crippen LogP contribution is -2.07. The molecule has 0 aliphatic carbocycles. The number of benzene rings is 4. The van der Waals surface area contributed by atoms with Gasteiger partial charge in [-0.05, 0) is 53.9 Å². The highest BCUT2D eigenvalue weighted by Gasteiger charge is 2.39. The number of azo groups is 2. The monoisotopic (exact) mass is 907 g/mol. The van der Waals surface area contributed by atoms with Crippen molar-refractivity contribution < 1.29 is 53.9 Å². The highest BCUT2D eigenvalue weighted by atomic mass is 32.3. The molecule has 0 bridgehead atoms. The van der Waals surface area contributed by atoms with Gasteiger partial charge in [0.05, 0.1) is 20.1 Å². The molecule has 0 aliphatic rings.